The largest absolute Gasteiger partial charge is 0.396 e. The molecule has 0 aliphatic carbocycles. The second-order valence-corrected chi connectivity index (χ2v) is 4.35. The number of aromatic nitrogens is 2. The SMILES string of the molecule is Nc1cn[nH]c1CCc1cccc(Br)c1. The lowest BCUT2D eigenvalue weighted by atomic mass is 10.1. The van der Waals surface area contributed by atoms with Crippen molar-refractivity contribution in [1.82, 2.24) is 10.2 Å². The van der Waals surface area contributed by atoms with Gasteiger partial charge in [0.1, 0.15) is 0 Å². The molecule has 3 nitrogen and oxygen atoms in total. The molecule has 0 spiro atoms. The van der Waals surface area contributed by atoms with Gasteiger partial charge in [0, 0.05) is 4.47 Å². The molecule has 2 rings (SSSR count). The highest BCUT2D eigenvalue weighted by Gasteiger charge is 2.01. The number of halogens is 1. The number of nitrogens with two attached hydrogens (primary N) is 1. The fourth-order valence-electron chi connectivity index (χ4n) is 1.48. The number of rotatable bonds is 3. The monoisotopic (exact) mass is 265 g/mol. The number of nitrogens with one attached hydrogen (secondary N) is 1. The average Bonchev–Trinajstić information content (AvgIpc) is 2.61. The van der Waals surface area contributed by atoms with Crippen LogP contribution in [0.3, 0.4) is 0 Å². The average molecular weight is 266 g/mol. The first-order chi connectivity index (χ1) is 7.25. The van der Waals surface area contributed by atoms with Crippen LogP contribution in [-0.2, 0) is 12.8 Å². The molecule has 0 radical (unpaired) electrons. The summed E-state index contributed by atoms with van der Waals surface area (Å²) in [5.74, 6) is 0. The molecule has 0 unspecified atom stereocenters. The first kappa shape index (κ1) is 10.2. The fourth-order valence-corrected chi connectivity index (χ4v) is 1.93. The van der Waals surface area contributed by atoms with E-state index < -0.39 is 0 Å². The molecule has 0 aliphatic heterocycles. The Morgan fingerprint density at radius 3 is 2.87 bits per heavy atom. The summed E-state index contributed by atoms with van der Waals surface area (Å²) in [6.07, 6.45) is 3.50. The molecule has 15 heavy (non-hydrogen) atoms. The van der Waals surface area contributed by atoms with Gasteiger partial charge in [-0.1, -0.05) is 28.1 Å². The van der Waals surface area contributed by atoms with Gasteiger partial charge in [0.15, 0.2) is 0 Å². The lowest BCUT2D eigenvalue weighted by Gasteiger charge is -2.01. The maximum absolute atomic E-state index is 5.73. The van der Waals surface area contributed by atoms with Crippen molar-refractivity contribution < 1.29 is 0 Å². The molecule has 1 aromatic heterocycles. The molecule has 2 aromatic rings. The predicted molar refractivity (Wildman–Crippen MR) is 64.6 cm³/mol. The summed E-state index contributed by atoms with van der Waals surface area (Å²) in [5, 5.41) is 6.80. The first-order valence-electron chi connectivity index (χ1n) is 4.78. The molecule has 0 aliphatic rings. The first-order valence-corrected chi connectivity index (χ1v) is 5.57. The molecule has 3 N–H and O–H groups in total. The second kappa shape index (κ2) is 4.49. The number of hydrogen-bond acceptors (Lipinski definition) is 2. The van der Waals surface area contributed by atoms with E-state index in [0.717, 1.165) is 28.7 Å². The highest BCUT2D eigenvalue weighted by molar-refractivity contribution is 9.10. The van der Waals surface area contributed by atoms with Gasteiger partial charge in [-0.25, -0.2) is 0 Å². The van der Waals surface area contributed by atoms with Crippen molar-refractivity contribution in [2.45, 2.75) is 12.8 Å². The molecule has 0 bridgehead atoms. The topological polar surface area (TPSA) is 54.7 Å². The molecule has 78 valence electrons. The fraction of sp³-hybridized carbons (Fsp3) is 0.182. The normalized spacial score (nSPS) is 10.5. The van der Waals surface area contributed by atoms with Crippen molar-refractivity contribution in [3.63, 3.8) is 0 Å². The van der Waals surface area contributed by atoms with Gasteiger partial charge >= 0.3 is 0 Å². The Kier molecular flexibility index (Phi) is 3.06. The third-order valence-corrected chi connectivity index (χ3v) is 2.80. The van der Waals surface area contributed by atoms with E-state index in [4.69, 9.17) is 5.73 Å². The van der Waals surface area contributed by atoms with Crippen molar-refractivity contribution in [3.05, 3.63) is 46.2 Å². The van der Waals surface area contributed by atoms with Gasteiger partial charge in [0.25, 0.3) is 0 Å². The quantitative estimate of drug-likeness (QED) is 0.896. The molecule has 0 fully saturated rings. The Labute approximate surface area is 96.8 Å². The zero-order chi connectivity index (χ0) is 10.7. The Hall–Kier alpha value is -1.29. The maximum Gasteiger partial charge on any atom is 0.0730 e. The minimum Gasteiger partial charge on any atom is -0.396 e. The van der Waals surface area contributed by atoms with E-state index in [1.807, 2.05) is 12.1 Å². The Bertz CT molecular complexity index is 451. The van der Waals surface area contributed by atoms with Crippen molar-refractivity contribution in [2.75, 3.05) is 5.73 Å². The van der Waals surface area contributed by atoms with Crippen molar-refractivity contribution in [2.24, 2.45) is 0 Å². The number of H-pyrrole nitrogens is 1. The van der Waals surface area contributed by atoms with Gasteiger partial charge in [-0.15, -0.1) is 0 Å². The molecule has 0 atom stereocenters. The Balaban J connectivity index is 2.02. The van der Waals surface area contributed by atoms with Crippen LogP contribution in [0.15, 0.2) is 34.9 Å². The minimum atomic E-state index is 0.741. The maximum atomic E-state index is 5.73. The number of aromatic amines is 1. The number of anilines is 1. The zero-order valence-electron chi connectivity index (χ0n) is 8.20. The summed E-state index contributed by atoms with van der Waals surface area (Å²) in [4.78, 5) is 0. The van der Waals surface area contributed by atoms with E-state index in [1.165, 1.54) is 5.56 Å². The van der Waals surface area contributed by atoms with Crippen LogP contribution < -0.4 is 5.73 Å². The molecule has 4 heteroatoms. The van der Waals surface area contributed by atoms with E-state index >= 15 is 0 Å². The Morgan fingerprint density at radius 2 is 2.20 bits per heavy atom. The van der Waals surface area contributed by atoms with Crippen LogP contribution in [0.5, 0.6) is 0 Å². The number of aryl methyl sites for hydroxylation is 2. The van der Waals surface area contributed by atoms with Crippen molar-refractivity contribution in [3.8, 4) is 0 Å². The molecular formula is C11H12BrN3. The van der Waals surface area contributed by atoms with Gasteiger partial charge < -0.3 is 5.73 Å². The summed E-state index contributed by atoms with van der Waals surface area (Å²) in [6.45, 7) is 0. The van der Waals surface area contributed by atoms with E-state index in [1.54, 1.807) is 6.20 Å². The summed E-state index contributed by atoms with van der Waals surface area (Å²) < 4.78 is 1.11. The van der Waals surface area contributed by atoms with E-state index in [0.29, 0.717) is 0 Å². The third kappa shape index (κ3) is 2.59. The van der Waals surface area contributed by atoms with E-state index in [2.05, 4.69) is 38.3 Å². The van der Waals surface area contributed by atoms with Gasteiger partial charge in [-0.3, -0.25) is 5.10 Å². The van der Waals surface area contributed by atoms with Crippen LogP contribution in [0.4, 0.5) is 5.69 Å². The van der Waals surface area contributed by atoms with Crippen molar-refractivity contribution >= 4 is 21.6 Å². The predicted octanol–water partition coefficient (Wildman–Crippen LogP) is 2.54. The number of nitrogens with zero attached hydrogens (tertiary/aromatic N) is 1. The van der Waals surface area contributed by atoms with Crippen LogP contribution in [0.25, 0.3) is 0 Å². The number of hydrogen-bond donors (Lipinski definition) is 2. The molecular weight excluding hydrogens is 254 g/mol. The smallest absolute Gasteiger partial charge is 0.0730 e. The van der Waals surface area contributed by atoms with Gasteiger partial charge in [0.2, 0.25) is 0 Å². The summed E-state index contributed by atoms with van der Waals surface area (Å²) in [7, 11) is 0. The van der Waals surface area contributed by atoms with Crippen LogP contribution in [0.1, 0.15) is 11.3 Å². The standard InChI is InChI=1S/C11H12BrN3/c12-9-3-1-2-8(6-9)4-5-11-10(13)7-14-15-11/h1-3,6-7H,4-5,13H2,(H,14,15). The minimum absolute atomic E-state index is 0.741. The van der Waals surface area contributed by atoms with Crippen LogP contribution >= 0.6 is 15.9 Å². The van der Waals surface area contributed by atoms with Gasteiger partial charge in [-0.05, 0) is 30.5 Å². The summed E-state index contributed by atoms with van der Waals surface area (Å²) >= 11 is 3.45. The zero-order valence-corrected chi connectivity index (χ0v) is 9.79. The van der Waals surface area contributed by atoms with Crippen molar-refractivity contribution in [1.29, 1.82) is 0 Å². The summed E-state index contributed by atoms with van der Waals surface area (Å²) in [5.41, 5.74) is 8.77. The molecule has 0 saturated carbocycles. The lowest BCUT2D eigenvalue weighted by Crippen LogP contribution is -1.95. The highest BCUT2D eigenvalue weighted by Crippen LogP contribution is 2.15. The van der Waals surface area contributed by atoms with Crippen LogP contribution in [0.2, 0.25) is 0 Å². The van der Waals surface area contributed by atoms with Gasteiger partial charge in [0.05, 0.1) is 17.6 Å². The van der Waals surface area contributed by atoms with Crippen LogP contribution in [0, 0.1) is 0 Å². The van der Waals surface area contributed by atoms with E-state index in [9.17, 15) is 0 Å². The highest BCUT2D eigenvalue weighted by atomic mass is 79.9. The number of benzene rings is 1. The Morgan fingerprint density at radius 1 is 1.33 bits per heavy atom. The molecule has 0 saturated heterocycles. The third-order valence-electron chi connectivity index (χ3n) is 2.30. The molecule has 1 heterocycles. The van der Waals surface area contributed by atoms with E-state index in [-0.39, 0.29) is 0 Å². The number of nitrogen functional groups attached to an aromatic ring is 1. The molecule has 1 aromatic carbocycles. The summed E-state index contributed by atoms with van der Waals surface area (Å²) in [6, 6.07) is 8.29. The molecule has 0 amide bonds. The van der Waals surface area contributed by atoms with Gasteiger partial charge in [-0.2, -0.15) is 5.10 Å². The van der Waals surface area contributed by atoms with Crippen LogP contribution in [-0.4, -0.2) is 10.2 Å². The second-order valence-electron chi connectivity index (χ2n) is 3.43. The lowest BCUT2D eigenvalue weighted by molar-refractivity contribution is 0.894.